The molecular weight excluding hydrogens is 268 g/mol. The highest BCUT2D eigenvalue weighted by Crippen LogP contribution is 2.13. The van der Waals surface area contributed by atoms with Crippen LogP contribution in [0.1, 0.15) is 18.7 Å². The van der Waals surface area contributed by atoms with E-state index in [-0.39, 0.29) is 0 Å². The number of hydrogen-bond donors (Lipinski definition) is 0. The van der Waals surface area contributed by atoms with E-state index in [9.17, 15) is 0 Å². The van der Waals surface area contributed by atoms with Crippen molar-refractivity contribution in [3.63, 3.8) is 0 Å². The molecule has 0 atom stereocenters. The molecule has 3 heterocycles. The molecular formula is C11H13BrN4. The summed E-state index contributed by atoms with van der Waals surface area (Å²) in [6.45, 7) is 3.23. The van der Waals surface area contributed by atoms with Crippen LogP contribution in [0.15, 0.2) is 22.8 Å². The van der Waals surface area contributed by atoms with Crippen LogP contribution in [-0.4, -0.2) is 32.6 Å². The molecule has 0 saturated carbocycles. The molecule has 1 fully saturated rings. The van der Waals surface area contributed by atoms with Crippen LogP contribution in [0.25, 0.3) is 5.65 Å². The number of pyridine rings is 1. The van der Waals surface area contributed by atoms with E-state index in [1.54, 1.807) is 0 Å². The third kappa shape index (κ3) is 1.97. The highest BCUT2D eigenvalue weighted by Gasteiger charge is 2.14. The van der Waals surface area contributed by atoms with E-state index in [1.807, 2.05) is 22.8 Å². The van der Waals surface area contributed by atoms with Crippen molar-refractivity contribution in [1.82, 2.24) is 19.5 Å². The lowest BCUT2D eigenvalue weighted by Crippen LogP contribution is -2.19. The first-order valence-corrected chi connectivity index (χ1v) is 6.34. The average Bonchev–Trinajstić information content (AvgIpc) is 2.86. The van der Waals surface area contributed by atoms with Gasteiger partial charge < -0.3 is 0 Å². The molecule has 1 aliphatic rings. The van der Waals surface area contributed by atoms with Crippen LogP contribution in [-0.2, 0) is 6.54 Å². The van der Waals surface area contributed by atoms with Gasteiger partial charge in [-0.05, 0) is 54.0 Å². The van der Waals surface area contributed by atoms with Crippen molar-refractivity contribution in [3.8, 4) is 0 Å². The third-order valence-electron chi connectivity index (χ3n) is 2.90. The van der Waals surface area contributed by atoms with E-state index in [4.69, 9.17) is 0 Å². The van der Waals surface area contributed by atoms with Gasteiger partial charge in [-0.1, -0.05) is 0 Å². The lowest BCUT2D eigenvalue weighted by molar-refractivity contribution is 0.322. The van der Waals surface area contributed by atoms with E-state index >= 15 is 0 Å². The maximum Gasteiger partial charge on any atom is 0.165 e. The topological polar surface area (TPSA) is 33.4 Å². The van der Waals surface area contributed by atoms with Gasteiger partial charge in [0.15, 0.2) is 11.5 Å². The van der Waals surface area contributed by atoms with Crippen molar-refractivity contribution in [2.75, 3.05) is 13.1 Å². The Balaban J connectivity index is 1.86. The molecule has 84 valence electrons. The Morgan fingerprint density at radius 1 is 1.25 bits per heavy atom. The molecule has 3 rings (SSSR count). The zero-order chi connectivity index (χ0) is 11.0. The van der Waals surface area contributed by atoms with E-state index in [2.05, 4.69) is 30.9 Å². The Bertz CT molecular complexity index is 502. The fraction of sp³-hybridized carbons (Fsp3) is 0.455. The molecule has 1 aliphatic heterocycles. The SMILES string of the molecule is Brc1ccc2nc(CN3CCCC3)nn2c1. The summed E-state index contributed by atoms with van der Waals surface area (Å²) in [6, 6.07) is 3.97. The van der Waals surface area contributed by atoms with E-state index in [0.29, 0.717) is 0 Å². The summed E-state index contributed by atoms with van der Waals surface area (Å²) in [6.07, 6.45) is 4.55. The normalized spacial score (nSPS) is 17.3. The number of hydrogen-bond acceptors (Lipinski definition) is 3. The summed E-state index contributed by atoms with van der Waals surface area (Å²) in [5, 5.41) is 4.47. The molecule has 0 aliphatic carbocycles. The van der Waals surface area contributed by atoms with Crippen molar-refractivity contribution < 1.29 is 0 Å². The van der Waals surface area contributed by atoms with Crippen LogP contribution in [0.5, 0.6) is 0 Å². The van der Waals surface area contributed by atoms with Gasteiger partial charge in [0.05, 0.1) is 6.54 Å². The molecule has 5 heteroatoms. The van der Waals surface area contributed by atoms with Crippen molar-refractivity contribution in [3.05, 3.63) is 28.6 Å². The summed E-state index contributed by atoms with van der Waals surface area (Å²) >= 11 is 3.43. The largest absolute Gasteiger partial charge is 0.296 e. The van der Waals surface area contributed by atoms with Crippen molar-refractivity contribution in [1.29, 1.82) is 0 Å². The molecule has 16 heavy (non-hydrogen) atoms. The summed E-state index contributed by atoms with van der Waals surface area (Å²) < 4.78 is 2.85. The van der Waals surface area contributed by atoms with Gasteiger partial charge in [-0.15, -0.1) is 5.10 Å². The first kappa shape index (κ1) is 10.2. The molecule has 0 bridgehead atoms. The first-order valence-electron chi connectivity index (χ1n) is 5.54. The minimum atomic E-state index is 0.874. The van der Waals surface area contributed by atoms with Crippen molar-refractivity contribution >= 4 is 21.6 Å². The second kappa shape index (κ2) is 4.14. The average molecular weight is 281 g/mol. The molecule has 0 radical (unpaired) electrons. The minimum absolute atomic E-state index is 0.874. The number of aromatic nitrogens is 3. The number of nitrogens with zero attached hydrogens (tertiary/aromatic N) is 4. The van der Waals surface area contributed by atoms with E-state index < -0.39 is 0 Å². The highest BCUT2D eigenvalue weighted by atomic mass is 79.9. The standard InChI is InChI=1S/C11H13BrN4/c12-9-3-4-11-13-10(14-16(11)7-9)8-15-5-1-2-6-15/h3-4,7H,1-2,5-6,8H2. The Morgan fingerprint density at radius 3 is 2.88 bits per heavy atom. The zero-order valence-electron chi connectivity index (χ0n) is 8.93. The Labute approximate surface area is 102 Å². The van der Waals surface area contributed by atoms with Crippen molar-refractivity contribution in [2.24, 2.45) is 0 Å². The van der Waals surface area contributed by atoms with Crippen LogP contribution in [0.2, 0.25) is 0 Å². The molecule has 2 aromatic rings. The van der Waals surface area contributed by atoms with Crippen molar-refractivity contribution in [2.45, 2.75) is 19.4 Å². The van der Waals surface area contributed by atoms with Gasteiger partial charge in [0, 0.05) is 10.7 Å². The Hall–Kier alpha value is -0.940. The number of rotatable bonds is 2. The van der Waals surface area contributed by atoms with Gasteiger partial charge in [-0.25, -0.2) is 9.50 Å². The molecule has 0 spiro atoms. The Kier molecular flexibility index (Phi) is 2.65. The quantitative estimate of drug-likeness (QED) is 0.845. The maximum absolute atomic E-state index is 4.51. The summed E-state index contributed by atoms with van der Waals surface area (Å²) in [4.78, 5) is 6.91. The van der Waals surface area contributed by atoms with Crippen LogP contribution in [0, 0.1) is 0 Å². The van der Waals surface area contributed by atoms with Gasteiger partial charge >= 0.3 is 0 Å². The fourth-order valence-electron chi connectivity index (χ4n) is 2.11. The molecule has 0 N–H and O–H groups in total. The lowest BCUT2D eigenvalue weighted by Gasteiger charge is -2.10. The number of halogens is 1. The summed E-state index contributed by atoms with van der Waals surface area (Å²) in [7, 11) is 0. The summed E-state index contributed by atoms with van der Waals surface area (Å²) in [5.41, 5.74) is 0.914. The molecule has 1 saturated heterocycles. The molecule has 4 nitrogen and oxygen atoms in total. The molecule has 0 amide bonds. The van der Waals surface area contributed by atoms with Gasteiger partial charge in [0.2, 0.25) is 0 Å². The molecule has 0 aromatic carbocycles. The zero-order valence-corrected chi connectivity index (χ0v) is 10.5. The summed E-state index contributed by atoms with van der Waals surface area (Å²) in [5.74, 6) is 0.917. The van der Waals surface area contributed by atoms with Crippen LogP contribution < -0.4 is 0 Å². The van der Waals surface area contributed by atoms with Crippen LogP contribution in [0.3, 0.4) is 0 Å². The van der Waals surface area contributed by atoms with Gasteiger partial charge in [0.1, 0.15) is 0 Å². The van der Waals surface area contributed by atoms with Crippen LogP contribution >= 0.6 is 15.9 Å². The second-order valence-electron chi connectivity index (χ2n) is 4.16. The minimum Gasteiger partial charge on any atom is -0.296 e. The fourth-order valence-corrected chi connectivity index (χ4v) is 2.44. The number of fused-ring (bicyclic) bond motifs is 1. The highest BCUT2D eigenvalue weighted by molar-refractivity contribution is 9.10. The van der Waals surface area contributed by atoms with E-state index in [0.717, 1.165) is 22.5 Å². The second-order valence-corrected chi connectivity index (χ2v) is 5.08. The van der Waals surface area contributed by atoms with Crippen LogP contribution in [0.4, 0.5) is 0 Å². The smallest absolute Gasteiger partial charge is 0.165 e. The number of likely N-dealkylation sites (tertiary alicyclic amines) is 1. The Morgan fingerprint density at radius 2 is 2.06 bits per heavy atom. The third-order valence-corrected chi connectivity index (χ3v) is 3.37. The monoisotopic (exact) mass is 280 g/mol. The predicted molar refractivity (Wildman–Crippen MR) is 65.2 cm³/mol. The first-order chi connectivity index (χ1) is 7.81. The van der Waals surface area contributed by atoms with Gasteiger partial charge in [-0.3, -0.25) is 4.90 Å². The predicted octanol–water partition coefficient (Wildman–Crippen LogP) is 2.09. The molecule has 2 aromatic heterocycles. The lowest BCUT2D eigenvalue weighted by atomic mass is 10.4. The maximum atomic E-state index is 4.51. The van der Waals surface area contributed by atoms with Gasteiger partial charge in [-0.2, -0.15) is 0 Å². The van der Waals surface area contributed by atoms with Gasteiger partial charge in [0.25, 0.3) is 0 Å². The molecule has 0 unspecified atom stereocenters. The van der Waals surface area contributed by atoms with E-state index in [1.165, 1.54) is 25.9 Å².